The summed E-state index contributed by atoms with van der Waals surface area (Å²) in [5.74, 6) is 2.53. The maximum Gasteiger partial charge on any atom is 0.151 e. The minimum Gasteiger partial charge on any atom is -0.490 e. The lowest BCUT2D eigenvalue weighted by Crippen LogP contribution is -2.42. The Bertz CT molecular complexity index is 866. The van der Waals surface area contributed by atoms with Gasteiger partial charge >= 0.3 is 0 Å². The summed E-state index contributed by atoms with van der Waals surface area (Å²) in [5, 5.41) is 10.5. The van der Waals surface area contributed by atoms with Crippen molar-refractivity contribution in [1.82, 2.24) is 4.90 Å². The SMILES string of the molecule is Cc1ccc(CN(CC(O)COc2ccccc2Br)C2CCS(=O)(=O)C2)o1. The molecule has 1 aliphatic rings. The highest BCUT2D eigenvalue weighted by Gasteiger charge is 2.33. The first-order valence-electron chi connectivity index (χ1n) is 8.87. The summed E-state index contributed by atoms with van der Waals surface area (Å²) in [7, 11) is -3.02. The zero-order valence-electron chi connectivity index (χ0n) is 15.2. The van der Waals surface area contributed by atoms with E-state index in [0.717, 1.165) is 16.0 Å². The van der Waals surface area contributed by atoms with Crippen LogP contribution in [-0.2, 0) is 16.4 Å². The Morgan fingerprint density at radius 2 is 2.11 bits per heavy atom. The second kappa shape index (κ2) is 8.77. The van der Waals surface area contributed by atoms with E-state index in [9.17, 15) is 13.5 Å². The average molecular weight is 458 g/mol. The van der Waals surface area contributed by atoms with Crippen molar-refractivity contribution in [2.24, 2.45) is 0 Å². The molecule has 1 aliphatic heterocycles. The zero-order valence-corrected chi connectivity index (χ0v) is 17.6. The van der Waals surface area contributed by atoms with Gasteiger partial charge < -0.3 is 14.3 Å². The number of nitrogens with zero attached hydrogens (tertiary/aromatic N) is 1. The monoisotopic (exact) mass is 457 g/mol. The molecule has 1 aromatic carbocycles. The van der Waals surface area contributed by atoms with Gasteiger partial charge in [0.2, 0.25) is 0 Å². The normalized spacial score (nSPS) is 20.1. The predicted molar refractivity (Wildman–Crippen MR) is 107 cm³/mol. The first-order valence-corrected chi connectivity index (χ1v) is 11.5. The van der Waals surface area contributed by atoms with Crippen LogP contribution in [0.4, 0.5) is 0 Å². The molecule has 2 atom stereocenters. The topological polar surface area (TPSA) is 80.0 Å². The van der Waals surface area contributed by atoms with Crippen LogP contribution in [0.5, 0.6) is 5.75 Å². The number of aryl methyl sites for hydroxylation is 1. The lowest BCUT2D eigenvalue weighted by atomic mass is 10.2. The lowest BCUT2D eigenvalue weighted by molar-refractivity contribution is 0.0494. The summed E-state index contributed by atoms with van der Waals surface area (Å²) < 4.78 is 35.9. The van der Waals surface area contributed by atoms with Gasteiger partial charge in [0.25, 0.3) is 0 Å². The van der Waals surface area contributed by atoms with Gasteiger partial charge in [0.15, 0.2) is 9.84 Å². The zero-order chi connectivity index (χ0) is 19.4. The molecule has 6 nitrogen and oxygen atoms in total. The van der Waals surface area contributed by atoms with Crippen molar-refractivity contribution < 1.29 is 22.7 Å². The third-order valence-electron chi connectivity index (χ3n) is 4.59. The molecule has 0 radical (unpaired) electrons. The molecule has 0 aliphatic carbocycles. The van der Waals surface area contributed by atoms with Crippen molar-refractivity contribution >= 4 is 25.8 Å². The van der Waals surface area contributed by atoms with E-state index in [1.54, 1.807) is 0 Å². The Morgan fingerprint density at radius 3 is 2.74 bits per heavy atom. The number of rotatable bonds is 8. The Kier molecular flexibility index (Phi) is 6.62. The molecule has 1 fully saturated rings. The Balaban J connectivity index is 1.64. The van der Waals surface area contributed by atoms with Crippen molar-refractivity contribution in [3.05, 3.63) is 52.4 Å². The molecule has 2 aromatic rings. The minimum atomic E-state index is -3.02. The number of para-hydroxylation sites is 1. The molecule has 1 N–H and O–H groups in total. The van der Waals surface area contributed by atoms with Crippen LogP contribution in [0.15, 0.2) is 45.3 Å². The van der Waals surface area contributed by atoms with Gasteiger partial charge in [0.1, 0.15) is 30.0 Å². The Labute approximate surface area is 168 Å². The molecule has 0 bridgehead atoms. The lowest BCUT2D eigenvalue weighted by Gasteiger charge is -2.29. The van der Waals surface area contributed by atoms with Gasteiger partial charge in [0, 0.05) is 12.6 Å². The fourth-order valence-corrected chi connectivity index (χ4v) is 5.41. The highest BCUT2D eigenvalue weighted by Crippen LogP contribution is 2.24. The molecule has 0 amide bonds. The van der Waals surface area contributed by atoms with E-state index < -0.39 is 15.9 Å². The first kappa shape index (κ1) is 20.4. The molecule has 0 saturated carbocycles. The van der Waals surface area contributed by atoms with E-state index in [1.807, 2.05) is 48.2 Å². The molecular formula is C19H24BrNO5S. The number of ether oxygens (including phenoxy) is 1. The van der Waals surface area contributed by atoms with E-state index in [-0.39, 0.29) is 24.2 Å². The van der Waals surface area contributed by atoms with Crippen LogP contribution in [0.25, 0.3) is 0 Å². The highest BCUT2D eigenvalue weighted by molar-refractivity contribution is 9.10. The summed E-state index contributed by atoms with van der Waals surface area (Å²) in [5.41, 5.74) is 0. The molecule has 148 valence electrons. The summed E-state index contributed by atoms with van der Waals surface area (Å²) in [6, 6.07) is 11.1. The van der Waals surface area contributed by atoms with Crippen LogP contribution >= 0.6 is 15.9 Å². The number of halogens is 1. The van der Waals surface area contributed by atoms with Gasteiger partial charge in [-0.05, 0) is 53.5 Å². The molecule has 0 spiro atoms. The highest BCUT2D eigenvalue weighted by atomic mass is 79.9. The standard InChI is InChI=1S/C19H24BrNO5S/c1-14-6-7-17(26-14)11-21(15-8-9-27(23,24)13-15)10-16(22)12-25-19-5-3-2-4-18(19)20/h2-7,15-16,22H,8-13H2,1H3. The van der Waals surface area contributed by atoms with Crippen LogP contribution < -0.4 is 4.74 Å². The molecule has 2 unspecified atom stereocenters. The number of aliphatic hydroxyl groups is 1. The fraction of sp³-hybridized carbons (Fsp3) is 0.474. The Morgan fingerprint density at radius 1 is 1.33 bits per heavy atom. The molecule has 1 aromatic heterocycles. The smallest absolute Gasteiger partial charge is 0.151 e. The summed E-state index contributed by atoms with van der Waals surface area (Å²) in [6.45, 7) is 2.76. The van der Waals surface area contributed by atoms with E-state index in [0.29, 0.717) is 25.3 Å². The number of hydrogen-bond donors (Lipinski definition) is 1. The minimum absolute atomic E-state index is 0.116. The van der Waals surface area contributed by atoms with Gasteiger partial charge in [0.05, 0.1) is 22.5 Å². The van der Waals surface area contributed by atoms with Gasteiger partial charge in [-0.25, -0.2) is 8.42 Å². The molecule has 3 rings (SSSR count). The van der Waals surface area contributed by atoms with Crippen molar-refractivity contribution in [3.63, 3.8) is 0 Å². The summed E-state index contributed by atoms with van der Waals surface area (Å²) >= 11 is 3.41. The predicted octanol–water partition coefficient (Wildman–Crippen LogP) is 2.78. The van der Waals surface area contributed by atoms with E-state index in [1.165, 1.54) is 0 Å². The second-order valence-electron chi connectivity index (χ2n) is 6.89. The van der Waals surface area contributed by atoms with Crippen molar-refractivity contribution in [2.45, 2.75) is 32.0 Å². The van der Waals surface area contributed by atoms with E-state index in [4.69, 9.17) is 9.15 Å². The van der Waals surface area contributed by atoms with Gasteiger partial charge in [-0.15, -0.1) is 0 Å². The number of aliphatic hydroxyl groups excluding tert-OH is 1. The average Bonchev–Trinajstić information content (AvgIpc) is 3.18. The number of furan rings is 1. The molecular weight excluding hydrogens is 434 g/mol. The third-order valence-corrected chi connectivity index (χ3v) is 7.00. The van der Waals surface area contributed by atoms with Crippen LogP contribution in [0, 0.1) is 6.92 Å². The van der Waals surface area contributed by atoms with Gasteiger partial charge in [-0.2, -0.15) is 0 Å². The molecule has 8 heteroatoms. The third kappa shape index (κ3) is 5.81. The van der Waals surface area contributed by atoms with Crippen molar-refractivity contribution in [1.29, 1.82) is 0 Å². The molecule has 2 heterocycles. The summed E-state index contributed by atoms with van der Waals surface area (Å²) in [6.07, 6.45) is -0.184. The number of sulfone groups is 1. The fourth-order valence-electron chi connectivity index (χ4n) is 3.25. The van der Waals surface area contributed by atoms with Crippen LogP contribution in [0.3, 0.4) is 0 Å². The molecule has 1 saturated heterocycles. The maximum absolute atomic E-state index is 11.9. The Hall–Kier alpha value is -1.35. The second-order valence-corrected chi connectivity index (χ2v) is 9.98. The van der Waals surface area contributed by atoms with Crippen LogP contribution in [0.1, 0.15) is 17.9 Å². The van der Waals surface area contributed by atoms with Gasteiger partial charge in [-0.3, -0.25) is 4.90 Å². The summed E-state index contributed by atoms with van der Waals surface area (Å²) in [4.78, 5) is 1.98. The van der Waals surface area contributed by atoms with E-state index >= 15 is 0 Å². The van der Waals surface area contributed by atoms with Crippen molar-refractivity contribution in [2.75, 3.05) is 24.7 Å². The van der Waals surface area contributed by atoms with Crippen LogP contribution in [0.2, 0.25) is 0 Å². The molecule has 27 heavy (non-hydrogen) atoms. The van der Waals surface area contributed by atoms with Crippen LogP contribution in [-0.4, -0.2) is 55.2 Å². The largest absolute Gasteiger partial charge is 0.490 e. The number of hydrogen-bond acceptors (Lipinski definition) is 6. The number of benzene rings is 1. The van der Waals surface area contributed by atoms with Gasteiger partial charge in [-0.1, -0.05) is 12.1 Å². The van der Waals surface area contributed by atoms with E-state index in [2.05, 4.69) is 15.9 Å². The first-order chi connectivity index (χ1) is 12.8. The maximum atomic E-state index is 11.9. The van der Waals surface area contributed by atoms with Crippen molar-refractivity contribution in [3.8, 4) is 5.75 Å². The quantitative estimate of drug-likeness (QED) is 0.656.